The van der Waals surface area contributed by atoms with Crippen molar-refractivity contribution in [1.29, 1.82) is 0 Å². The molecule has 0 radical (unpaired) electrons. The predicted octanol–water partition coefficient (Wildman–Crippen LogP) is 7.05. The lowest BCUT2D eigenvalue weighted by Gasteiger charge is -2.57. The van der Waals surface area contributed by atoms with E-state index in [-0.39, 0.29) is 35.3 Å². The molecule has 0 saturated heterocycles. The van der Waals surface area contributed by atoms with Crippen LogP contribution in [0.25, 0.3) is 0 Å². The van der Waals surface area contributed by atoms with E-state index in [9.17, 15) is 13.5 Å². The largest absolute Gasteiger partial charge is 0.494 e. The van der Waals surface area contributed by atoms with Crippen molar-refractivity contribution in [3.8, 4) is 18.1 Å². The first-order valence-electron chi connectivity index (χ1n) is 15.1. The first-order chi connectivity index (χ1) is 19.5. The third-order valence-corrected chi connectivity index (χ3v) is 13.2. The zero-order valence-electron chi connectivity index (χ0n) is 23.9. The number of alkyl halides is 2. The van der Waals surface area contributed by atoms with Gasteiger partial charge in [0.1, 0.15) is 11.4 Å². The zero-order chi connectivity index (χ0) is 29.2. The van der Waals surface area contributed by atoms with Crippen molar-refractivity contribution >= 4 is 9.84 Å². The van der Waals surface area contributed by atoms with E-state index >= 15 is 8.78 Å². The topological polar surface area (TPSA) is 63.6 Å². The Hall–Kier alpha value is -2.43. The van der Waals surface area contributed by atoms with E-state index in [0.29, 0.717) is 37.2 Å². The van der Waals surface area contributed by atoms with Gasteiger partial charge in [0.25, 0.3) is 0 Å². The van der Waals surface area contributed by atoms with E-state index in [1.807, 2.05) is 25.1 Å². The van der Waals surface area contributed by atoms with Gasteiger partial charge in [-0.3, -0.25) is 0 Å². The van der Waals surface area contributed by atoms with Gasteiger partial charge in [0, 0.05) is 5.41 Å². The van der Waals surface area contributed by atoms with Gasteiger partial charge in [-0.25, -0.2) is 8.42 Å². The fourth-order valence-electron chi connectivity index (χ4n) is 8.55. The van der Waals surface area contributed by atoms with Crippen LogP contribution in [0.5, 0.6) is 5.75 Å². The molecule has 0 aromatic heterocycles. The van der Waals surface area contributed by atoms with Crippen molar-refractivity contribution in [3.63, 3.8) is 0 Å². The lowest BCUT2D eigenvalue weighted by atomic mass is 9.48. The number of ether oxygens (including phenoxy) is 1. The Kier molecular flexibility index (Phi) is 7.06. The molecule has 6 atom stereocenters. The number of unbranched alkanes of at least 4 members (excludes halogenated alkanes) is 1. The monoisotopic (exact) mass is 582 g/mol. The van der Waals surface area contributed by atoms with Gasteiger partial charge in [-0.15, -0.1) is 6.42 Å². The van der Waals surface area contributed by atoms with E-state index in [4.69, 9.17) is 11.2 Å². The highest BCUT2D eigenvalue weighted by atomic mass is 32.2. The molecule has 41 heavy (non-hydrogen) atoms. The smallest absolute Gasteiger partial charge is 0.336 e. The van der Waals surface area contributed by atoms with Gasteiger partial charge in [0.15, 0.2) is 9.84 Å². The van der Waals surface area contributed by atoms with E-state index < -0.39 is 26.8 Å². The van der Waals surface area contributed by atoms with Crippen molar-refractivity contribution in [2.24, 2.45) is 17.3 Å². The Morgan fingerprint density at radius 2 is 1.85 bits per heavy atom. The maximum Gasteiger partial charge on any atom is 0.336 e. The van der Waals surface area contributed by atoms with Gasteiger partial charge in [-0.05, 0) is 122 Å². The van der Waals surface area contributed by atoms with E-state index in [2.05, 4.69) is 19.1 Å². The van der Waals surface area contributed by atoms with Crippen LogP contribution in [0.1, 0.15) is 93.7 Å². The van der Waals surface area contributed by atoms with Crippen LogP contribution in [0.3, 0.4) is 0 Å². The molecule has 4 aliphatic rings. The van der Waals surface area contributed by atoms with E-state index in [1.165, 1.54) is 11.1 Å². The lowest BCUT2D eigenvalue weighted by molar-refractivity contribution is -0.214. The third-order valence-electron chi connectivity index (χ3n) is 10.9. The number of hydrogen-bond donors (Lipinski definition) is 1. The normalized spacial score (nSPS) is 32.9. The van der Waals surface area contributed by atoms with Crippen LogP contribution in [-0.4, -0.2) is 36.9 Å². The third kappa shape index (κ3) is 4.43. The highest BCUT2D eigenvalue weighted by molar-refractivity contribution is 7.92. The van der Waals surface area contributed by atoms with Crippen LogP contribution < -0.4 is 4.74 Å². The average molecular weight is 583 g/mol. The summed E-state index contributed by atoms with van der Waals surface area (Å²) in [4.78, 5) is 0.314. The molecule has 220 valence electrons. The first-order valence-corrected chi connectivity index (χ1v) is 16.7. The van der Waals surface area contributed by atoms with Crippen LogP contribution in [0, 0.1) is 29.6 Å². The van der Waals surface area contributed by atoms with Gasteiger partial charge < -0.3 is 9.84 Å². The molecule has 3 fully saturated rings. The minimum atomic E-state index is -3.65. The number of terminal acetylenes is 1. The number of hydrogen-bond acceptors (Lipinski definition) is 4. The molecular weight excluding hydrogens is 542 g/mol. The summed E-state index contributed by atoms with van der Waals surface area (Å²) in [6.45, 7) is 4.61. The molecule has 0 heterocycles. The van der Waals surface area contributed by atoms with Gasteiger partial charge in [-0.2, -0.15) is 8.78 Å². The fraction of sp³-hybridized carbons (Fsp3) is 0.588. The second kappa shape index (κ2) is 10.1. The number of rotatable bonds is 8. The molecule has 2 aromatic carbocycles. The second-order valence-electron chi connectivity index (χ2n) is 13.1. The van der Waals surface area contributed by atoms with Crippen LogP contribution >= 0.6 is 0 Å². The Labute approximate surface area is 242 Å². The number of halogens is 2. The molecule has 0 aliphatic heterocycles. The Bertz CT molecular complexity index is 1460. The number of sulfone groups is 1. The standard InChI is InChI=1S/C34H40F2O4S/c1-4-6-19-40-24-10-16-27-23(20-24)9-15-28-30-17-18-33(37,34(35,36)5-2)32(30,3)21-29(31(27)28)22-7-11-25(12-8-22)41(38,39)26-13-14-26/h2,7-8,10-12,16,20,26,28-31,37H,4,6,9,13-15,17-19,21H2,1,3H3/t28-,29+,30-,31?,32-,33-/m0/s1. The summed E-state index contributed by atoms with van der Waals surface area (Å²) in [5, 5.41) is 11.4. The highest BCUT2D eigenvalue weighted by Crippen LogP contribution is 2.70. The van der Waals surface area contributed by atoms with Crippen molar-refractivity contribution < 1.29 is 27.0 Å². The minimum absolute atomic E-state index is 0.0308. The average Bonchev–Trinajstić information content (AvgIpc) is 3.78. The molecule has 1 N–H and O–H groups in total. The minimum Gasteiger partial charge on any atom is -0.494 e. The molecule has 6 rings (SSSR count). The summed E-state index contributed by atoms with van der Waals surface area (Å²) in [6, 6.07) is 13.4. The van der Waals surface area contributed by atoms with E-state index in [0.717, 1.165) is 37.0 Å². The maximum atomic E-state index is 15.3. The first kappa shape index (κ1) is 28.7. The number of fused-ring (bicyclic) bond motifs is 5. The lowest BCUT2D eigenvalue weighted by Crippen LogP contribution is -2.60. The van der Waals surface area contributed by atoms with Crippen LogP contribution in [0.4, 0.5) is 8.78 Å². The molecule has 1 unspecified atom stereocenters. The second-order valence-corrected chi connectivity index (χ2v) is 15.3. The summed E-state index contributed by atoms with van der Waals surface area (Å²) < 4.78 is 62.4. The molecule has 4 aliphatic carbocycles. The van der Waals surface area contributed by atoms with Crippen molar-refractivity contribution in [3.05, 3.63) is 59.2 Å². The van der Waals surface area contributed by atoms with Crippen molar-refractivity contribution in [1.82, 2.24) is 0 Å². The summed E-state index contributed by atoms with van der Waals surface area (Å²) in [5.74, 6) is -1.29. The van der Waals surface area contributed by atoms with Gasteiger partial charge in [0.2, 0.25) is 0 Å². The SMILES string of the molecule is C#CC(F)(F)[C@]1(O)CC[C@H]2[C@@H]3CCc4cc(OCCCC)ccc4C3[C@@H](c3ccc(S(=O)(=O)C4CC4)cc3)C[C@@]21C. The quantitative estimate of drug-likeness (QED) is 0.268. The Morgan fingerprint density at radius 3 is 2.51 bits per heavy atom. The fourth-order valence-corrected chi connectivity index (χ4v) is 10.2. The number of aryl methyl sites for hydroxylation is 1. The molecule has 0 bridgehead atoms. The number of aliphatic hydroxyl groups is 1. The maximum absolute atomic E-state index is 15.3. The van der Waals surface area contributed by atoms with Gasteiger partial charge >= 0.3 is 5.92 Å². The van der Waals surface area contributed by atoms with Gasteiger partial charge in [0.05, 0.1) is 16.8 Å². The Morgan fingerprint density at radius 1 is 1.12 bits per heavy atom. The predicted molar refractivity (Wildman–Crippen MR) is 155 cm³/mol. The zero-order valence-corrected chi connectivity index (χ0v) is 24.7. The molecule has 7 heteroatoms. The Balaban J connectivity index is 1.42. The molecule has 0 amide bonds. The van der Waals surface area contributed by atoms with Crippen molar-refractivity contribution in [2.45, 2.75) is 105 Å². The summed E-state index contributed by atoms with van der Waals surface area (Å²) in [7, 11) is -3.34. The molecule has 3 saturated carbocycles. The summed E-state index contributed by atoms with van der Waals surface area (Å²) in [5.41, 5.74) is -0.0265. The van der Waals surface area contributed by atoms with Crippen LogP contribution in [0.15, 0.2) is 47.4 Å². The van der Waals surface area contributed by atoms with Gasteiger partial charge in [-0.1, -0.05) is 38.5 Å². The molecule has 2 aromatic rings. The van der Waals surface area contributed by atoms with Crippen LogP contribution in [0.2, 0.25) is 0 Å². The molecule has 0 spiro atoms. The number of benzene rings is 2. The summed E-state index contributed by atoms with van der Waals surface area (Å²) >= 11 is 0. The van der Waals surface area contributed by atoms with Crippen LogP contribution in [-0.2, 0) is 16.3 Å². The molecule has 4 nitrogen and oxygen atoms in total. The van der Waals surface area contributed by atoms with E-state index in [1.54, 1.807) is 18.1 Å². The van der Waals surface area contributed by atoms with Crippen molar-refractivity contribution in [2.75, 3.05) is 6.61 Å². The summed E-state index contributed by atoms with van der Waals surface area (Å²) in [6.07, 6.45) is 11.2. The molecular formula is C34H40F2O4S. The highest BCUT2D eigenvalue weighted by Gasteiger charge is 2.71.